The first-order valence-corrected chi connectivity index (χ1v) is 8.66. The Kier molecular flexibility index (Phi) is 5.85. The lowest BCUT2D eigenvalue weighted by molar-refractivity contribution is -0.124. The van der Waals surface area contributed by atoms with Crippen LogP contribution in [-0.2, 0) is 9.59 Å². The van der Waals surface area contributed by atoms with Crippen molar-refractivity contribution in [2.75, 3.05) is 12.1 Å². The SMILES string of the molecule is O=C(CCC(=O)Nc1ccc(Br)cc1)N/N=C/c1ccc2c(c1)OCO2. The van der Waals surface area contributed by atoms with Gasteiger partial charge >= 0.3 is 0 Å². The zero-order chi connectivity index (χ0) is 18.4. The average Bonchev–Trinajstić information content (AvgIpc) is 3.10. The predicted octanol–water partition coefficient (Wildman–Crippen LogP) is 3.05. The predicted molar refractivity (Wildman–Crippen MR) is 100 cm³/mol. The topological polar surface area (TPSA) is 89.0 Å². The molecular formula is C18H16BrN3O4. The van der Waals surface area contributed by atoms with Crippen molar-refractivity contribution in [1.29, 1.82) is 0 Å². The van der Waals surface area contributed by atoms with Gasteiger partial charge in [-0.15, -0.1) is 0 Å². The normalized spacial score (nSPS) is 12.2. The van der Waals surface area contributed by atoms with Crippen LogP contribution < -0.4 is 20.2 Å². The maximum Gasteiger partial charge on any atom is 0.240 e. The van der Waals surface area contributed by atoms with Crippen LogP contribution in [0, 0.1) is 0 Å². The lowest BCUT2D eigenvalue weighted by Gasteiger charge is -2.05. The number of hydrogen-bond donors (Lipinski definition) is 2. The van der Waals surface area contributed by atoms with Crippen molar-refractivity contribution in [3.63, 3.8) is 0 Å². The minimum Gasteiger partial charge on any atom is -0.454 e. The summed E-state index contributed by atoms with van der Waals surface area (Å²) in [6, 6.07) is 12.5. The van der Waals surface area contributed by atoms with Crippen molar-refractivity contribution in [3.05, 3.63) is 52.5 Å². The van der Waals surface area contributed by atoms with Gasteiger partial charge in [0.05, 0.1) is 6.21 Å². The molecule has 0 atom stereocenters. The van der Waals surface area contributed by atoms with Crippen LogP contribution in [0.4, 0.5) is 5.69 Å². The third-order valence-electron chi connectivity index (χ3n) is 3.51. The fourth-order valence-corrected chi connectivity index (χ4v) is 2.48. The molecule has 1 aliphatic rings. The molecule has 0 radical (unpaired) electrons. The summed E-state index contributed by atoms with van der Waals surface area (Å²) < 4.78 is 11.4. The van der Waals surface area contributed by atoms with E-state index in [1.54, 1.807) is 30.3 Å². The summed E-state index contributed by atoms with van der Waals surface area (Å²) in [5.41, 5.74) is 3.84. The smallest absolute Gasteiger partial charge is 0.240 e. The molecule has 0 unspecified atom stereocenters. The molecule has 2 N–H and O–H groups in total. The number of nitrogens with zero attached hydrogens (tertiary/aromatic N) is 1. The molecule has 26 heavy (non-hydrogen) atoms. The van der Waals surface area contributed by atoms with E-state index in [1.165, 1.54) is 6.21 Å². The van der Waals surface area contributed by atoms with Crippen LogP contribution >= 0.6 is 15.9 Å². The van der Waals surface area contributed by atoms with Gasteiger partial charge in [0, 0.05) is 23.0 Å². The van der Waals surface area contributed by atoms with E-state index >= 15 is 0 Å². The molecule has 0 spiro atoms. The highest BCUT2D eigenvalue weighted by molar-refractivity contribution is 9.10. The van der Waals surface area contributed by atoms with Crippen LogP contribution in [-0.4, -0.2) is 24.8 Å². The van der Waals surface area contributed by atoms with Crippen LogP contribution in [0.15, 0.2) is 52.0 Å². The number of nitrogens with one attached hydrogen (secondary N) is 2. The first-order valence-electron chi connectivity index (χ1n) is 7.87. The van der Waals surface area contributed by atoms with E-state index in [9.17, 15) is 9.59 Å². The van der Waals surface area contributed by atoms with Crippen LogP contribution in [0.2, 0.25) is 0 Å². The number of rotatable bonds is 6. The first-order chi connectivity index (χ1) is 12.6. The van der Waals surface area contributed by atoms with Crippen molar-refractivity contribution >= 4 is 39.6 Å². The van der Waals surface area contributed by atoms with Crippen LogP contribution in [0.1, 0.15) is 18.4 Å². The molecule has 0 aliphatic carbocycles. The minimum absolute atomic E-state index is 0.0425. The van der Waals surface area contributed by atoms with Gasteiger partial charge in [0.25, 0.3) is 0 Å². The Labute approximate surface area is 158 Å². The highest BCUT2D eigenvalue weighted by atomic mass is 79.9. The van der Waals surface area contributed by atoms with Gasteiger partial charge in [0.2, 0.25) is 18.6 Å². The molecule has 1 aliphatic heterocycles. The number of anilines is 1. The van der Waals surface area contributed by atoms with Crippen LogP contribution in [0.3, 0.4) is 0 Å². The minimum atomic E-state index is -0.340. The highest BCUT2D eigenvalue weighted by Gasteiger charge is 2.12. The molecule has 0 saturated carbocycles. The Morgan fingerprint density at radius 2 is 1.77 bits per heavy atom. The van der Waals surface area contributed by atoms with E-state index in [-0.39, 0.29) is 31.4 Å². The van der Waals surface area contributed by atoms with Crippen LogP contribution in [0.25, 0.3) is 0 Å². The van der Waals surface area contributed by atoms with Gasteiger partial charge in [0.1, 0.15) is 0 Å². The van der Waals surface area contributed by atoms with E-state index in [0.29, 0.717) is 17.2 Å². The number of fused-ring (bicyclic) bond motifs is 1. The van der Waals surface area contributed by atoms with Gasteiger partial charge in [0.15, 0.2) is 11.5 Å². The van der Waals surface area contributed by atoms with Gasteiger partial charge in [-0.1, -0.05) is 15.9 Å². The third-order valence-corrected chi connectivity index (χ3v) is 4.04. The summed E-state index contributed by atoms with van der Waals surface area (Å²) in [7, 11) is 0. The molecule has 1 heterocycles. The maximum atomic E-state index is 11.8. The highest BCUT2D eigenvalue weighted by Crippen LogP contribution is 2.31. The molecule has 3 rings (SSSR count). The monoisotopic (exact) mass is 417 g/mol. The van der Waals surface area contributed by atoms with Crippen molar-refractivity contribution in [2.45, 2.75) is 12.8 Å². The Morgan fingerprint density at radius 3 is 2.58 bits per heavy atom. The fourth-order valence-electron chi connectivity index (χ4n) is 2.21. The molecule has 2 amide bonds. The average molecular weight is 418 g/mol. The summed E-state index contributed by atoms with van der Waals surface area (Å²) in [5, 5.41) is 6.61. The second-order valence-corrected chi connectivity index (χ2v) is 6.38. The lowest BCUT2D eigenvalue weighted by Crippen LogP contribution is -2.20. The van der Waals surface area contributed by atoms with E-state index in [2.05, 4.69) is 31.8 Å². The number of benzene rings is 2. The van der Waals surface area contributed by atoms with Gasteiger partial charge in [-0.05, 0) is 48.0 Å². The first kappa shape index (κ1) is 17.9. The summed E-state index contributed by atoms with van der Waals surface area (Å²) >= 11 is 3.32. The number of hydrazone groups is 1. The second-order valence-electron chi connectivity index (χ2n) is 5.46. The zero-order valence-corrected chi connectivity index (χ0v) is 15.3. The van der Waals surface area contributed by atoms with Crippen LogP contribution in [0.5, 0.6) is 11.5 Å². The van der Waals surface area contributed by atoms with Crippen molar-refractivity contribution in [1.82, 2.24) is 5.43 Å². The molecule has 0 saturated heterocycles. The molecule has 2 aromatic carbocycles. The number of halogens is 1. The fraction of sp³-hybridized carbons (Fsp3) is 0.167. The van der Waals surface area contributed by atoms with Crippen molar-refractivity contribution in [3.8, 4) is 11.5 Å². The van der Waals surface area contributed by atoms with E-state index in [0.717, 1.165) is 10.0 Å². The number of ether oxygens (including phenoxy) is 2. The standard InChI is InChI=1S/C18H16BrN3O4/c19-13-2-4-14(5-3-13)21-17(23)7-8-18(24)22-20-10-12-1-6-15-16(9-12)26-11-25-15/h1-6,9-10H,7-8,11H2,(H,21,23)(H,22,24)/b20-10+. The molecule has 134 valence electrons. The number of hydrogen-bond acceptors (Lipinski definition) is 5. The summed E-state index contributed by atoms with van der Waals surface area (Å²) in [6.07, 6.45) is 1.62. The van der Waals surface area contributed by atoms with E-state index in [4.69, 9.17) is 9.47 Å². The number of carbonyl (C=O) groups is 2. The van der Waals surface area contributed by atoms with Crippen molar-refractivity contribution in [2.24, 2.45) is 5.10 Å². The molecule has 2 aromatic rings. The van der Waals surface area contributed by atoms with Gasteiger partial charge in [-0.2, -0.15) is 5.10 Å². The molecular weight excluding hydrogens is 402 g/mol. The molecule has 8 heteroatoms. The molecule has 0 aromatic heterocycles. The summed E-state index contributed by atoms with van der Waals surface area (Å²) in [4.78, 5) is 23.6. The number of carbonyl (C=O) groups excluding carboxylic acids is 2. The second kappa shape index (κ2) is 8.48. The molecule has 7 nitrogen and oxygen atoms in total. The van der Waals surface area contributed by atoms with Crippen molar-refractivity contribution < 1.29 is 19.1 Å². The Hall–Kier alpha value is -2.87. The largest absolute Gasteiger partial charge is 0.454 e. The van der Waals surface area contributed by atoms with E-state index < -0.39 is 0 Å². The molecule has 0 bridgehead atoms. The number of amides is 2. The quantitative estimate of drug-likeness (QED) is 0.558. The van der Waals surface area contributed by atoms with Gasteiger partial charge in [-0.3, -0.25) is 9.59 Å². The lowest BCUT2D eigenvalue weighted by atomic mass is 10.2. The van der Waals surface area contributed by atoms with Gasteiger partial charge < -0.3 is 14.8 Å². The Morgan fingerprint density at radius 1 is 1.04 bits per heavy atom. The Bertz CT molecular complexity index is 837. The van der Waals surface area contributed by atoms with E-state index in [1.807, 2.05) is 12.1 Å². The molecule has 0 fully saturated rings. The zero-order valence-electron chi connectivity index (χ0n) is 13.7. The summed E-state index contributed by atoms with van der Waals surface area (Å²) in [5.74, 6) is 0.753. The summed E-state index contributed by atoms with van der Waals surface area (Å²) in [6.45, 7) is 0.203. The third kappa shape index (κ3) is 5.06. The van der Waals surface area contributed by atoms with Gasteiger partial charge in [-0.25, -0.2) is 5.43 Å². The maximum absolute atomic E-state index is 11.8. The Balaban J connectivity index is 1.41.